The number of aromatic nitrogens is 3. The van der Waals surface area contributed by atoms with Crippen molar-refractivity contribution in [3.8, 4) is 0 Å². The maximum atomic E-state index is 10.8. The molecule has 2 aromatic heterocycles. The summed E-state index contributed by atoms with van der Waals surface area (Å²) < 4.78 is 4.16. The molecule has 0 radical (unpaired) electrons. The normalized spacial score (nSPS) is 15.2. The van der Waals surface area contributed by atoms with Gasteiger partial charge in [0, 0.05) is 18.4 Å². The van der Waals surface area contributed by atoms with Crippen LogP contribution >= 0.6 is 0 Å². The number of hydrogen-bond donors (Lipinski definition) is 0. The Morgan fingerprint density at radius 3 is 3.12 bits per heavy atom. The average Bonchev–Trinajstić information content (AvgIpc) is 2.88. The lowest BCUT2D eigenvalue weighted by molar-refractivity contribution is 0.111. The highest BCUT2D eigenvalue weighted by atomic mass is 16.1. The maximum Gasteiger partial charge on any atom is 0.166 e. The van der Waals surface area contributed by atoms with E-state index in [1.54, 1.807) is 0 Å². The van der Waals surface area contributed by atoms with E-state index in [2.05, 4.69) is 9.55 Å². The van der Waals surface area contributed by atoms with Crippen LogP contribution in [0.25, 0.3) is 0 Å². The summed E-state index contributed by atoms with van der Waals surface area (Å²) in [6.45, 7) is 0.720. The molecule has 0 atom stereocenters. The highest BCUT2D eigenvalue weighted by Crippen LogP contribution is 2.35. The summed E-state index contributed by atoms with van der Waals surface area (Å²) in [4.78, 5) is 15.0. The van der Waals surface area contributed by atoms with Crippen LogP contribution in [0.4, 0.5) is 0 Å². The summed E-state index contributed by atoms with van der Waals surface area (Å²) in [5.74, 6) is 0. The molecule has 4 nitrogen and oxygen atoms in total. The van der Waals surface area contributed by atoms with E-state index in [1.165, 1.54) is 18.5 Å². The van der Waals surface area contributed by atoms with Crippen LogP contribution in [0.15, 0.2) is 30.9 Å². The average molecular weight is 215 g/mol. The van der Waals surface area contributed by atoms with Gasteiger partial charge in [-0.2, -0.15) is 0 Å². The Morgan fingerprint density at radius 1 is 1.50 bits per heavy atom. The maximum absolute atomic E-state index is 10.8. The Morgan fingerprint density at radius 2 is 2.38 bits per heavy atom. The molecule has 1 aliphatic rings. The number of rotatable bonds is 4. The lowest BCUT2D eigenvalue weighted by atomic mass is 10.4. The molecule has 0 amide bonds. The Bertz CT molecular complexity index is 508. The summed E-state index contributed by atoms with van der Waals surface area (Å²) in [5.41, 5.74) is 1.88. The van der Waals surface area contributed by atoms with Crippen LogP contribution in [0.2, 0.25) is 0 Å². The first kappa shape index (κ1) is 9.39. The first-order valence-electron chi connectivity index (χ1n) is 5.49. The Kier molecular flexibility index (Phi) is 2.13. The lowest BCUT2D eigenvalue weighted by Gasteiger charge is -2.08. The predicted molar refractivity (Wildman–Crippen MR) is 59.4 cm³/mol. The fourth-order valence-electron chi connectivity index (χ4n) is 1.99. The van der Waals surface area contributed by atoms with Gasteiger partial charge in [0.25, 0.3) is 0 Å². The van der Waals surface area contributed by atoms with E-state index in [0.717, 1.165) is 12.8 Å². The van der Waals surface area contributed by atoms with Gasteiger partial charge < -0.3 is 9.13 Å². The molecule has 82 valence electrons. The van der Waals surface area contributed by atoms with E-state index in [1.807, 2.05) is 35.4 Å². The van der Waals surface area contributed by atoms with Crippen molar-refractivity contribution in [3.05, 3.63) is 42.2 Å². The molecule has 0 unspecified atom stereocenters. The van der Waals surface area contributed by atoms with Gasteiger partial charge in [0.15, 0.2) is 6.29 Å². The summed E-state index contributed by atoms with van der Waals surface area (Å²) in [5, 5.41) is 0. The Labute approximate surface area is 93.5 Å². The molecule has 3 rings (SSSR count). The van der Waals surface area contributed by atoms with Crippen LogP contribution in [0.3, 0.4) is 0 Å². The minimum Gasteiger partial charge on any atom is -0.339 e. The summed E-state index contributed by atoms with van der Waals surface area (Å²) in [6.07, 6.45) is 9.07. The van der Waals surface area contributed by atoms with E-state index < -0.39 is 0 Å². The van der Waals surface area contributed by atoms with Crippen molar-refractivity contribution in [3.63, 3.8) is 0 Å². The molecule has 2 heterocycles. The standard InChI is InChI=1S/C12H13N3O/c16-8-11-2-1-5-14(11)7-12-6-13-9-15(12)10-3-4-10/h1-2,5-6,8-10H,3-4,7H2. The number of imidazole rings is 1. The Hall–Kier alpha value is -1.84. The van der Waals surface area contributed by atoms with E-state index in [9.17, 15) is 4.79 Å². The molecule has 2 aromatic rings. The van der Waals surface area contributed by atoms with E-state index >= 15 is 0 Å². The van der Waals surface area contributed by atoms with Crippen molar-refractivity contribution in [2.75, 3.05) is 0 Å². The third kappa shape index (κ3) is 1.56. The molecule has 0 aliphatic heterocycles. The van der Waals surface area contributed by atoms with Crippen LogP contribution in [-0.4, -0.2) is 20.4 Å². The fraction of sp³-hybridized carbons (Fsp3) is 0.333. The van der Waals surface area contributed by atoms with E-state index in [-0.39, 0.29) is 0 Å². The zero-order valence-corrected chi connectivity index (χ0v) is 8.91. The molecule has 16 heavy (non-hydrogen) atoms. The van der Waals surface area contributed by atoms with Gasteiger partial charge in [-0.1, -0.05) is 0 Å². The van der Waals surface area contributed by atoms with Crippen LogP contribution in [0.5, 0.6) is 0 Å². The molecule has 1 aliphatic carbocycles. The zero-order valence-electron chi connectivity index (χ0n) is 8.91. The van der Waals surface area contributed by atoms with Gasteiger partial charge >= 0.3 is 0 Å². The first-order valence-corrected chi connectivity index (χ1v) is 5.49. The van der Waals surface area contributed by atoms with Gasteiger partial charge in [-0.25, -0.2) is 4.98 Å². The predicted octanol–water partition coefficient (Wildman–Crippen LogP) is 1.88. The van der Waals surface area contributed by atoms with Crippen molar-refractivity contribution in [1.29, 1.82) is 0 Å². The summed E-state index contributed by atoms with van der Waals surface area (Å²) >= 11 is 0. The highest BCUT2D eigenvalue weighted by Gasteiger charge is 2.25. The van der Waals surface area contributed by atoms with Crippen LogP contribution in [0.1, 0.15) is 35.1 Å². The van der Waals surface area contributed by atoms with Crippen molar-refractivity contribution in [1.82, 2.24) is 14.1 Å². The van der Waals surface area contributed by atoms with Gasteiger partial charge in [0.1, 0.15) is 0 Å². The second-order valence-corrected chi connectivity index (χ2v) is 4.20. The largest absolute Gasteiger partial charge is 0.339 e. The second-order valence-electron chi connectivity index (χ2n) is 4.20. The van der Waals surface area contributed by atoms with Gasteiger partial charge in [-0.3, -0.25) is 4.79 Å². The van der Waals surface area contributed by atoms with Crippen LogP contribution in [-0.2, 0) is 6.54 Å². The molecule has 0 N–H and O–H groups in total. The fourth-order valence-corrected chi connectivity index (χ4v) is 1.99. The third-order valence-corrected chi connectivity index (χ3v) is 3.00. The molecule has 0 saturated heterocycles. The Balaban J connectivity index is 1.88. The van der Waals surface area contributed by atoms with E-state index in [0.29, 0.717) is 11.7 Å². The van der Waals surface area contributed by atoms with E-state index in [4.69, 9.17) is 0 Å². The molecular weight excluding hydrogens is 202 g/mol. The topological polar surface area (TPSA) is 39.8 Å². The molecule has 0 aromatic carbocycles. The first-order chi connectivity index (χ1) is 7.88. The summed E-state index contributed by atoms with van der Waals surface area (Å²) in [7, 11) is 0. The zero-order chi connectivity index (χ0) is 11.0. The highest BCUT2D eigenvalue weighted by molar-refractivity contribution is 5.72. The van der Waals surface area contributed by atoms with Crippen LogP contribution < -0.4 is 0 Å². The molecular formula is C12H13N3O. The number of carbonyl (C=O) groups excluding carboxylic acids is 1. The smallest absolute Gasteiger partial charge is 0.166 e. The minimum atomic E-state index is 0.632. The van der Waals surface area contributed by atoms with Gasteiger partial charge in [-0.05, 0) is 25.0 Å². The lowest BCUT2D eigenvalue weighted by Crippen LogP contribution is -2.07. The number of hydrogen-bond acceptors (Lipinski definition) is 2. The number of nitrogens with zero attached hydrogens (tertiary/aromatic N) is 3. The molecule has 0 bridgehead atoms. The van der Waals surface area contributed by atoms with Gasteiger partial charge in [-0.15, -0.1) is 0 Å². The number of aldehydes is 1. The van der Waals surface area contributed by atoms with Crippen molar-refractivity contribution >= 4 is 6.29 Å². The van der Waals surface area contributed by atoms with Crippen molar-refractivity contribution < 1.29 is 4.79 Å². The van der Waals surface area contributed by atoms with Gasteiger partial charge in [0.2, 0.25) is 0 Å². The minimum absolute atomic E-state index is 0.632. The number of carbonyl (C=O) groups is 1. The SMILES string of the molecule is O=Cc1cccn1Cc1cncn1C1CC1. The summed E-state index contributed by atoms with van der Waals surface area (Å²) in [6, 6.07) is 4.35. The third-order valence-electron chi connectivity index (χ3n) is 3.00. The van der Waals surface area contributed by atoms with Crippen molar-refractivity contribution in [2.24, 2.45) is 0 Å². The molecule has 0 spiro atoms. The molecule has 4 heteroatoms. The van der Waals surface area contributed by atoms with Crippen molar-refractivity contribution in [2.45, 2.75) is 25.4 Å². The molecule has 1 saturated carbocycles. The monoisotopic (exact) mass is 215 g/mol. The van der Waals surface area contributed by atoms with Crippen LogP contribution in [0, 0.1) is 0 Å². The van der Waals surface area contributed by atoms with Gasteiger partial charge in [0.05, 0.1) is 24.3 Å². The quantitative estimate of drug-likeness (QED) is 0.730. The second kappa shape index (κ2) is 3.63. The molecule has 1 fully saturated rings.